The number of benzene rings is 1. The highest BCUT2D eigenvalue weighted by Gasteiger charge is 2.25. The van der Waals surface area contributed by atoms with Crippen molar-refractivity contribution >= 4 is 28.1 Å². The van der Waals surface area contributed by atoms with Crippen LogP contribution >= 0.6 is 11.3 Å². The molecule has 0 unspecified atom stereocenters. The number of para-hydroxylation sites is 1. The first-order valence-electron chi connectivity index (χ1n) is 8.56. The van der Waals surface area contributed by atoms with E-state index >= 15 is 0 Å². The van der Waals surface area contributed by atoms with E-state index in [1.54, 1.807) is 11.3 Å². The molecular formula is C18H22N4OS. The number of aromatic nitrogens is 1. The van der Waals surface area contributed by atoms with Gasteiger partial charge in [0, 0.05) is 63.0 Å². The van der Waals surface area contributed by atoms with Gasteiger partial charge in [-0.25, -0.2) is 4.98 Å². The van der Waals surface area contributed by atoms with Crippen LogP contribution in [-0.2, 0) is 11.2 Å². The fourth-order valence-electron chi connectivity index (χ4n) is 3.52. The Labute approximate surface area is 146 Å². The molecule has 0 spiro atoms. The van der Waals surface area contributed by atoms with Crippen LogP contribution in [0.3, 0.4) is 0 Å². The third-order valence-electron chi connectivity index (χ3n) is 4.89. The summed E-state index contributed by atoms with van der Waals surface area (Å²) in [6.45, 7) is 5.68. The summed E-state index contributed by atoms with van der Waals surface area (Å²) in [5.74, 6) is 0.252. The summed E-state index contributed by atoms with van der Waals surface area (Å²) in [5.41, 5.74) is 2.40. The van der Waals surface area contributed by atoms with Crippen LogP contribution in [0.15, 0.2) is 35.8 Å². The summed E-state index contributed by atoms with van der Waals surface area (Å²) >= 11 is 1.69. The smallest absolute Gasteiger partial charge is 0.228 e. The minimum atomic E-state index is 0.252. The minimum absolute atomic E-state index is 0.252. The first kappa shape index (κ1) is 15.6. The van der Waals surface area contributed by atoms with E-state index in [0.717, 1.165) is 56.5 Å². The van der Waals surface area contributed by atoms with Crippen molar-refractivity contribution in [2.75, 3.05) is 49.1 Å². The van der Waals surface area contributed by atoms with E-state index in [4.69, 9.17) is 0 Å². The molecule has 1 aromatic heterocycles. The third-order valence-corrected chi connectivity index (χ3v) is 5.72. The van der Waals surface area contributed by atoms with Crippen LogP contribution in [-0.4, -0.2) is 55.1 Å². The number of hydrogen-bond donors (Lipinski definition) is 0. The van der Waals surface area contributed by atoms with E-state index in [-0.39, 0.29) is 5.91 Å². The van der Waals surface area contributed by atoms with E-state index in [9.17, 15) is 4.79 Å². The Morgan fingerprint density at radius 2 is 1.96 bits per heavy atom. The molecular weight excluding hydrogens is 320 g/mol. The molecule has 6 heteroatoms. The molecule has 5 nitrogen and oxygen atoms in total. The second kappa shape index (κ2) is 6.91. The maximum absolute atomic E-state index is 12.6. The highest BCUT2D eigenvalue weighted by atomic mass is 32.1. The van der Waals surface area contributed by atoms with Gasteiger partial charge in [-0.2, -0.15) is 0 Å². The number of piperazine rings is 1. The number of amides is 1. The standard InChI is InChI=1S/C18H22N4OS/c23-17(22-9-5-15-3-1-2-4-16(15)22)6-8-20-10-12-21(13-11-20)18-19-7-14-24-18/h1-4,7,14H,5-6,8-13H2. The highest BCUT2D eigenvalue weighted by Crippen LogP contribution is 2.28. The molecule has 4 rings (SSSR count). The van der Waals surface area contributed by atoms with Crippen LogP contribution < -0.4 is 9.80 Å². The van der Waals surface area contributed by atoms with Crippen molar-refractivity contribution in [3.63, 3.8) is 0 Å². The first-order valence-corrected chi connectivity index (χ1v) is 9.44. The van der Waals surface area contributed by atoms with Gasteiger partial charge in [-0.3, -0.25) is 9.69 Å². The molecule has 2 aromatic rings. The normalized spacial score (nSPS) is 18.0. The van der Waals surface area contributed by atoms with Gasteiger partial charge in [-0.15, -0.1) is 11.3 Å². The van der Waals surface area contributed by atoms with E-state index in [1.807, 2.05) is 22.5 Å². The number of nitrogens with zero attached hydrogens (tertiary/aromatic N) is 4. The number of anilines is 2. The van der Waals surface area contributed by atoms with Gasteiger partial charge < -0.3 is 9.80 Å². The molecule has 1 fully saturated rings. The van der Waals surface area contributed by atoms with Crippen LogP contribution in [0.4, 0.5) is 10.8 Å². The average molecular weight is 342 g/mol. The van der Waals surface area contributed by atoms with Gasteiger partial charge >= 0.3 is 0 Å². The second-order valence-electron chi connectivity index (χ2n) is 6.32. The van der Waals surface area contributed by atoms with Crippen molar-refractivity contribution in [2.24, 2.45) is 0 Å². The molecule has 0 atom stereocenters. The minimum Gasteiger partial charge on any atom is -0.346 e. The number of thiazole rings is 1. The van der Waals surface area contributed by atoms with E-state index in [0.29, 0.717) is 6.42 Å². The van der Waals surface area contributed by atoms with E-state index in [1.165, 1.54) is 5.56 Å². The fourth-order valence-corrected chi connectivity index (χ4v) is 4.22. The average Bonchev–Trinajstić information content (AvgIpc) is 3.30. The predicted molar refractivity (Wildman–Crippen MR) is 97.9 cm³/mol. The molecule has 0 saturated carbocycles. The molecule has 0 N–H and O–H groups in total. The number of fused-ring (bicyclic) bond motifs is 1. The van der Waals surface area contributed by atoms with Gasteiger partial charge in [0.2, 0.25) is 5.91 Å². The van der Waals surface area contributed by atoms with Crippen LogP contribution in [0.1, 0.15) is 12.0 Å². The van der Waals surface area contributed by atoms with Crippen molar-refractivity contribution in [1.29, 1.82) is 0 Å². The summed E-state index contributed by atoms with van der Waals surface area (Å²) < 4.78 is 0. The molecule has 1 aromatic carbocycles. The number of carbonyl (C=O) groups is 1. The molecule has 0 radical (unpaired) electrons. The lowest BCUT2D eigenvalue weighted by Gasteiger charge is -2.34. The van der Waals surface area contributed by atoms with E-state index in [2.05, 4.69) is 33.0 Å². The monoisotopic (exact) mass is 342 g/mol. The molecule has 126 valence electrons. The Morgan fingerprint density at radius 3 is 2.75 bits per heavy atom. The van der Waals surface area contributed by atoms with Crippen LogP contribution in [0.5, 0.6) is 0 Å². The molecule has 0 aliphatic carbocycles. The summed E-state index contributed by atoms with van der Waals surface area (Å²) in [6.07, 6.45) is 3.44. The van der Waals surface area contributed by atoms with Gasteiger partial charge in [0.15, 0.2) is 5.13 Å². The Hall–Kier alpha value is -1.92. The summed E-state index contributed by atoms with van der Waals surface area (Å²) in [5, 5.41) is 3.13. The zero-order chi connectivity index (χ0) is 16.4. The Morgan fingerprint density at radius 1 is 1.12 bits per heavy atom. The molecule has 3 heterocycles. The van der Waals surface area contributed by atoms with Crippen molar-refractivity contribution in [1.82, 2.24) is 9.88 Å². The lowest BCUT2D eigenvalue weighted by molar-refractivity contribution is -0.118. The number of carbonyl (C=O) groups excluding carboxylic acids is 1. The quantitative estimate of drug-likeness (QED) is 0.854. The summed E-state index contributed by atoms with van der Waals surface area (Å²) in [6, 6.07) is 8.25. The van der Waals surface area contributed by atoms with Gasteiger partial charge in [0.1, 0.15) is 0 Å². The SMILES string of the molecule is O=C(CCN1CCN(c2nccs2)CC1)N1CCc2ccccc21. The molecule has 24 heavy (non-hydrogen) atoms. The fraction of sp³-hybridized carbons (Fsp3) is 0.444. The largest absolute Gasteiger partial charge is 0.346 e. The maximum Gasteiger partial charge on any atom is 0.228 e. The summed E-state index contributed by atoms with van der Waals surface area (Å²) in [7, 11) is 0. The molecule has 1 amide bonds. The van der Waals surface area contributed by atoms with Gasteiger partial charge in [-0.1, -0.05) is 18.2 Å². The van der Waals surface area contributed by atoms with Crippen molar-refractivity contribution in [3.8, 4) is 0 Å². The number of hydrogen-bond acceptors (Lipinski definition) is 5. The number of rotatable bonds is 4. The topological polar surface area (TPSA) is 39.7 Å². The Balaban J connectivity index is 1.27. The molecule has 1 saturated heterocycles. The Bertz CT molecular complexity index is 695. The summed E-state index contributed by atoms with van der Waals surface area (Å²) in [4.78, 5) is 23.6. The second-order valence-corrected chi connectivity index (χ2v) is 7.19. The van der Waals surface area contributed by atoms with Gasteiger partial charge in [0.25, 0.3) is 0 Å². The van der Waals surface area contributed by atoms with Crippen molar-refractivity contribution < 1.29 is 4.79 Å². The highest BCUT2D eigenvalue weighted by molar-refractivity contribution is 7.13. The zero-order valence-electron chi connectivity index (χ0n) is 13.7. The lowest BCUT2D eigenvalue weighted by Crippen LogP contribution is -2.47. The van der Waals surface area contributed by atoms with E-state index < -0.39 is 0 Å². The first-order chi connectivity index (χ1) is 11.8. The Kier molecular flexibility index (Phi) is 4.49. The molecule has 2 aliphatic rings. The van der Waals surface area contributed by atoms with Gasteiger partial charge in [0.05, 0.1) is 0 Å². The molecule has 2 aliphatic heterocycles. The third kappa shape index (κ3) is 3.16. The molecule has 0 bridgehead atoms. The van der Waals surface area contributed by atoms with Crippen molar-refractivity contribution in [3.05, 3.63) is 41.4 Å². The van der Waals surface area contributed by atoms with Crippen LogP contribution in [0, 0.1) is 0 Å². The zero-order valence-corrected chi connectivity index (χ0v) is 14.5. The van der Waals surface area contributed by atoms with Gasteiger partial charge in [-0.05, 0) is 18.1 Å². The van der Waals surface area contributed by atoms with Crippen molar-refractivity contribution in [2.45, 2.75) is 12.8 Å². The van der Waals surface area contributed by atoms with Crippen LogP contribution in [0.2, 0.25) is 0 Å². The predicted octanol–water partition coefficient (Wildman–Crippen LogP) is 2.24. The lowest BCUT2D eigenvalue weighted by atomic mass is 10.2. The van der Waals surface area contributed by atoms with Crippen LogP contribution in [0.25, 0.3) is 0 Å². The maximum atomic E-state index is 12.6.